The van der Waals surface area contributed by atoms with E-state index in [2.05, 4.69) is 0 Å². The molecule has 1 amide bonds. The molecule has 1 heterocycles. The Bertz CT molecular complexity index is 309. The number of anilines is 1. The number of nitrogens with two attached hydrogens (primary N) is 1. The number of hydrogen-bond donors (Lipinski definition) is 1. The lowest BCUT2D eigenvalue weighted by molar-refractivity contribution is -0.578. The van der Waals surface area contributed by atoms with E-state index in [9.17, 15) is 4.79 Å². The van der Waals surface area contributed by atoms with Crippen molar-refractivity contribution < 1.29 is 21.8 Å². The molecule has 0 spiro atoms. The van der Waals surface area contributed by atoms with Crippen LogP contribution in [0.4, 0.5) is 10.5 Å². The van der Waals surface area contributed by atoms with Gasteiger partial charge in [-0.15, -0.1) is 0 Å². The second-order valence-corrected chi connectivity index (χ2v) is 2.99. The summed E-state index contributed by atoms with van der Waals surface area (Å²) in [5.41, 5.74) is 6.19. The van der Waals surface area contributed by atoms with Gasteiger partial charge in [0, 0.05) is 17.8 Å². The first-order chi connectivity index (χ1) is 6.69. The number of carbonyl (C=O) groups is 1. The lowest BCUT2D eigenvalue weighted by Gasteiger charge is -2.10. The predicted molar refractivity (Wildman–Crippen MR) is 54.8 cm³/mol. The molecule has 0 atom stereocenters. The van der Waals surface area contributed by atoms with E-state index in [4.69, 9.17) is 5.73 Å². The zero-order valence-electron chi connectivity index (χ0n) is 8.98. The van der Waals surface area contributed by atoms with Crippen LogP contribution in [0.15, 0.2) is 24.5 Å². The van der Waals surface area contributed by atoms with Gasteiger partial charge in [0.2, 0.25) is 0 Å². The number of nitrogens with zero attached hydrogens (tertiary/aromatic N) is 2. The molecule has 0 saturated carbocycles. The van der Waals surface area contributed by atoms with E-state index in [-0.39, 0.29) is 18.4 Å². The second-order valence-electron chi connectivity index (χ2n) is 2.99. The summed E-state index contributed by atoms with van der Waals surface area (Å²) in [7, 11) is 0. The molecule has 1 aromatic heterocycles. The first-order valence-electron chi connectivity index (χ1n) is 4.75. The Kier molecular flexibility index (Phi) is 5.70. The van der Waals surface area contributed by atoms with Crippen molar-refractivity contribution in [1.82, 2.24) is 4.90 Å². The molecule has 0 aliphatic rings. The molecule has 0 saturated heterocycles. The lowest BCUT2D eigenvalue weighted by Crippen LogP contribution is -3.00. The van der Waals surface area contributed by atoms with E-state index in [0.29, 0.717) is 18.8 Å². The van der Waals surface area contributed by atoms with Crippen molar-refractivity contribution in [2.75, 3.05) is 18.8 Å². The molecule has 1 aromatic rings. The summed E-state index contributed by atoms with van der Waals surface area (Å²) < 4.78 is 1.53. The highest BCUT2D eigenvalue weighted by Gasteiger charge is 2.20. The predicted octanol–water partition coefficient (Wildman–Crippen LogP) is -2.13. The minimum absolute atomic E-state index is 0. The van der Waals surface area contributed by atoms with Crippen LogP contribution in [0.2, 0.25) is 0 Å². The molecule has 0 bridgehead atoms. The number of hydrogen-bond acceptors (Lipinski definition) is 2. The SMILES string of the molecule is CCN(CC)C(=O)[n+]1ccc(N)cc1.[Cl-]. The molecule has 15 heavy (non-hydrogen) atoms. The molecular formula is C10H16ClN3O. The van der Waals surface area contributed by atoms with E-state index in [1.807, 2.05) is 13.8 Å². The summed E-state index contributed by atoms with van der Waals surface area (Å²) in [6, 6.07) is 3.40. The molecule has 1 rings (SSSR count). The molecule has 0 fully saturated rings. The van der Waals surface area contributed by atoms with Gasteiger partial charge in [0.15, 0.2) is 0 Å². The molecule has 0 radical (unpaired) electrons. The fraction of sp³-hybridized carbons (Fsp3) is 0.400. The summed E-state index contributed by atoms with van der Waals surface area (Å²) >= 11 is 0. The van der Waals surface area contributed by atoms with Gasteiger partial charge >= 0.3 is 6.03 Å². The lowest BCUT2D eigenvalue weighted by atomic mass is 10.4. The number of nitrogen functional groups attached to an aromatic ring is 1. The minimum Gasteiger partial charge on any atom is -1.00 e. The van der Waals surface area contributed by atoms with Crippen molar-refractivity contribution in [3.8, 4) is 0 Å². The molecule has 2 N–H and O–H groups in total. The van der Waals surface area contributed by atoms with E-state index in [0.717, 1.165) is 0 Å². The normalized spacial score (nSPS) is 9.20. The molecule has 0 aliphatic carbocycles. The Morgan fingerprint density at radius 3 is 2.20 bits per heavy atom. The van der Waals surface area contributed by atoms with Gasteiger partial charge in [-0.3, -0.25) is 0 Å². The van der Waals surface area contributed by atoms with Crippen LogP contribution in [-0.4, -0.2) is 24.0 Å². The van der Waals surface area contributed by atoms with Gasteiger partial charge in [0.25, 0.3) is 0 Å². The number of halogens is 1. The minimum atomic E-state index is -0.0185. The van der Waals surface area contributed by atoms with Gasteiger partial charge in [0.05, 0.1) is 13.1 Å². The number of carbonyl (C=O) groups excluding carboxylic acids is 1. The smallest absolute Gasteiger partial charge is 0.497 e. The number of pyridine rings is 1. The first kappa shape index (κ1) is 13.7. The van der Waals surface area contributed by atoms with E-state index in [1.165, 1.54) is 4.57 Å². The van der Waals surface area contributed by atoms with Crippen LogP contribution < -0.4 is 22.7 Å². The third kappa shape index (κ3) is 3.40. The van der Waals surface area contributed by atoms with E-state index < -0.39 is 0 Å². The number of aromatic nitrogens is 1. The zero-order chi connectivity index (χ0) is 10.6. The van der Waals surface area contributed by atoms with Gasteiger partial charge in [-0.05, 0) is 13.8 Å². The quantitative estimate of drug-likeness (QED) is 0.589. The maximum absolute atomic E-state index is 11.8. The van der Waals surface area contributed by atoms with Crippen molar-refractivity contribution in [1.29, 1.82) is 0 Å². The Morgan fingerprint density at radius 2 is 1.80 bits per heavy atom. The largest absolute Gasteiger partial charge is 1.00 e. The van der Waals surface area contributed by atoms with Gasteiger partial charge < -0.3 is 18.1 Å². The highest BCUT2D eigenvalue weighted by Crippen LogP contribution is 1.95. The van der Waals surface area contributed by atoms with Crippen LogP contribution in [0.3, 0.4) is 0 Å². The number of amides is 1. The van der Waals surface area contributed by atoms with Crippen LogP contribution >= 0.6 is 0 Å². The highest BCUT2D eigenvalue weighted by atomic mass is 35.5. The molecular weight excluding hydrogens is 214 g/mol. The summed E-state index contributed by atoms with van der Waals surface area (Å²) in [6.07, 6.45) is 3.35. The van der Waals surface area contributed by atoms with Crippen molar-refractivity contribution in [2.45, 2.75) is 13.8 Å². The highest BCUT2D eigenvalue weighted by molar-refractivity contribution is 5.64. The van der Waals surface area contributed by atoms with Crippen LogP contribution in [0.1, 0.15) is 13.8 Å². The molecule has 5 heteroatoms. The molecule has 0 aliphatic heterocycles. The van der Waals surface area contributed by atoms with Gasteiger partial charge in [-0.25, -0.2) is 4.90 Å². The van der Waals surface area contributed by atoms with Gasteiger partial charge in [-0.2, -0.15) is 9.36 Å². The van der Waals surface area contributed by atoms with Gasteiger partial charge in [0.1, 0.15) is 12.4 Å². The van der Waals surface area contributed by atoms with Crippen molar-refractivity contribution >= 4 is 11.7 Å². The van der Waals surface area contributed by atoms with Crippen LogP contribution in [0.25, 0.3) is 0 Å². The topological polar surface area (TPSA) is 50.2 Å². The molecule has 84 valence electrons. The average Bonchev–Trinajstić information content (AvgIpc) is 2.20. The molecule has 0 aromatic carbocycles. The second kappa shape index (κ2) is 6.24. The first-order valence-corrected chi connectivity index (χ1v) is 4.75. The monoisotopic (exact) mass is 229 g/mol. The van der Waals surface area contributed by atoms with Crippen molar-refractivity contribution in [3.05, 3.63) is 24.5 Å². The maximum Gasteiger partial charge on any atom is 0.497 e. The van der Waals surface area contributed by atoms with E-state index >= 15 is 0 Å². The Labute approximate surface area is 96.1 Å². The number of rotatable bonds is 2. The fourth-order valence-electron chi connectivity index (χ4n) is 1.22. The van der Waals surface area contributed by atoms with Crippen LogP contribution in [0.5, 0.6) is 0 Å². The zero-order valence-corrected chi connectivity index (χ0v) is 9.74. The average molecular weight is 230 g/mol. The van der Waals surface area contributed by atoms with Crippen LogP contribution in [-0.2, 0) is 0 Å². The Morgan fingerprint density at radius 1 is 1.33 bits per heavy atom. The van der Waals surface area contributed by atoms with E-state index in [1.54, 1.807) is 29.4 Å². The summed E-state index contributed by atoms with van der Waals surface area (Å²) in [5, 5.41) is 0. The van der Waals surface area contributed by atoms with Crippen LogP contribution in [0, 0.1) is 0 Å². The van der Waals surface area contributed by atoms with Crippen molar-refractivity contribution in [2.24, 2.45) is 0 Å². The fourth-order valence-corrected chi connectivity index (χ4v) is 1.22. The van der Waals surface area contributed by atoms with Gasteiger partial charge in [-0.1, -0.05) is 0 Å². The molecule has 4 nitrogen and oxygen atoms in total. The maximum atomic E-state index is 11.8. The van der Waals surface area contributed by atoms with Crippen molar-refractivity contribution in [3.63, 3.8) is 0 Å². The third-order valence-electron chi connectivity index (χ3n) is 2.11. The Hall–Kier alpha value is -1.29. The summed E-state index contributed by atoms with van der Waals surface area (Å²) in [5.74, 6) is 0. The standard InChI is InChI=1S/C10H15N3O.ClH/c1-3-12(4-2)10(14)13-7-5-9(11)6-8-13;/h5-8,11H,3-4H2,1-2H3;1H. The summed E-state index contributed by atoms with van der Waals surface area (Å²) in [4.78, 5) is 13.5. The Balaban J connectivity index is 0.00000196. The summed E-state index contributed by atoms with van der Waals surface area (Å²) in [6.45, 7) is 5.35. The third-order valence-corrected chi connectivity index (χ3v) is 2.11. The molecule has 0 unspecified atom stereocenters.